The summed E-state index contributed by atoms with van der Waals surface area (Å²) in [5.41, 5.74) is 1.75. The first kappa shape index (κ1) is 11.2. The van der Waals surface area contributed by atoms with Gasteiger partial charge in [0.2, 0.25) is 0 Å². The van der Waals surface area contributed by atoms with Crippen LogP contribution >= 0.6 is 0 Å². The average Bonchev–Trinajstić information content (AvgIpc) is 2.69. The molecule has 0 radical (unpaired) electrons. The second-order valence-electron chi connectivity index (χ2n) is 5.41. The van der Waals surface area contributed by atoms with Gasteiger partial charge < -0.3 is 9.84 Å². The minimum atomic E-state index is -0.656. The molecule has 0 amide bonds. The van der Waals surface area contributed by atoms with Crippen LogP contribution in [-0.4, -0.2) is 17.3 Å². The van der Waals surface area contributed by atoms with Crippen molar-refractivity contribution in [2.45, 2.75) is 56.8 Å². The van der Waals surface area contributed by atoms with Crippen molar-refractivity contribution >= 4 is 0 Å². The van der Waals surface area contributed by atoms with Gasteiger partial charge in [-0.15, -0.1) is 0 Å². The number of benzene rings is 1. The second-order valence-corrected chi connectivity index (χ2v) is 5.41. The Hall–Kier alpha value is -0.860. The van der Waals surface area contributed by atoms with E-state index in [1.807, 2.05) is 6.07 Å². The van der Waals surface area contributed by atoms with Gasteiger partial charge in [0.05, 0.1) is 17.8 Å². The lowest BCUT2D eigenvalue weighted by molar-refractivity contribution is -0.115. The van der Waals surface area contributed by atoms with Gasteiger partial charge in [0, 0.05) is 12.8 Å². The average molecular weight is 232 g/mol. The van der Waals surface area contributed by atoms with E-state index in [-0.39, 0.29) is 12.2 Å². The van der Waals surface area contributed by atoms with Crippen molar-refractivity contribution in [3.05, 3.63) is 35.4 Å². The van der Waals surface area contributed by atoms with E-state index in [4.69, 9.17) is 4.74 Å². The molecule has 1 aromatic carbocycles. The van der Waals surface area contributed by atoms with Crippen LogP contribution in [0, 0.1) is 0 Å². The molecule has 1 N–H and O–H groups in total. The summed E-state index contributed by atoms with van der Waals surface area (Å²) in [6.45, 7) is 2.15. The lowest BCUT2D eigenvalue weighted by atomic mass is 9.80. The van der Waals surface area contributed by atoms with E-state index in [2.05, 4.69) is 25.1 Å². The van der Waals surface area contributed by atoms with Crippen LogP contribution < -0.4 is 0 Å². The van der Waals surface area contributed by atoms with Crippen molar-refractivity contribution in [3.63, 3.8) is 0 Å². The molecule has 2 aliphatic rings. The van der Waals surface area contributed by atoms with Crippen LogP contribution in [0.1, 0.15) is 43.7 Å². The van der Waals surface area contributed by atoms with Gasteiger partial charge in [-0.25, -0.2) is 0 Å². The number of aliphatic hydroxyl groups is 1. The number of rotatable bonds is 2. The fraction of sp³-hybridized carbons (Fsp3) is 0.600. The van der Waals surface area contributed by atoms with Crippen LogP contribution in [0.2, 0.25) is 0 Å². The lowest BCUT2D eigenvalue weighted by Crippen LogP contribution is -2.39. The maximum absolute atomic E-state index is 11.0. The first-order chi connectivity index (χ1) is 8.21. The van der Waals surface area contributed by atoms with Crippen molar-refractivity contribution in [2.24, 2.45) is 0 Å². The molecule has 92 valence electrons. The third-order valence-electron chi connectivity index (χ3n) is 4.23. The van der Waals surface area contributed by atoms with E-state index in [0.717, 1.165) is 37.7 Å². The number of ether oxygens (including phenoxy) is 1. The summed E-state index contributed by atoms with van der Waals surface area (Å²) in [6, 6.07) is 8.30. The van der Waals surface area contributed by atoms with Crippen LogP contribution in [0.5, 0.6) is 0 Å². The Morgan fingerprint density at radius 1 is 1.24 bits per heavy atom. The van der Waals surface area contributed by atoms with Gasteiger partial charge in [-0.3, -0.25) is 0 Å². The molecular weight excluding hydrogens is 212 g/mol. The quantitative estimate of drug-likeness (QED) is 0.849. The van der Waals surface area contributed by atoms with Crippen LogP contribution in [0.4, 0.5) is 0 Å². The summed E-state index contributed by atoms with van der Waals surface area (Å²) in [7, 11) is 0. The van der Waals surface area contributed by atoms with E-state index in [1.54, 1.807) is 0 Å². The standard InChI is InChI=1S/C15H20O2/c1-2-11-5-3-4-6-14(11)15(16)9-12-7-8-13(10-15)17-12/h3-6,12-13,16H,2,7-10H2,1H3. The maximum Gasteiger partial charge on any atom is 0.0948 e. The molecule has 2 aliphatic heterocycles. The van der Waals surface area contributed by atoms with Gasteiger partial charge >= 0.3 is 0 Å². The first-order valence-corrected chi connectivity index (χ1v) is 6.67. The number of hydrogen-bond donors (Lipinski definition) is 1. The molecule has 0 saturated carbocycles. The van der Waals surface area contributed by atoms with Crippen molar-refractivity contribution < 1.29 is 9.84 Å². The monoisotopic (exact) mass is 232 g/mol. The largest absolute Gasteiger partial charge is 0.385 e. The van der Waals surface area contributed by atoms with Crippen molar-refractivity contribution in [1.29, 1.82) is 0 Å². The van der Waals surface area contributed by atoms with E-state index in [0.29, 0.717) is 0 Å². The van der Waals surface area contributed by atoms with Crippen molar-refractivity contribution in [2.75, 3.05) is 0 Å². The van der Waals surface area contributed by atoms with E-state index in [9.17, 15) is 5.11 Å². The minimum Gasteiger partial charge on any atom is -0.385 e. The Balaban J connectivity index is 1.96. The topological polar surface area (TPSA) is 29.5 Å². The summed E-state index contributed by atoms with van der Waals surface area (Å²) in [5, 5.41) is 11.0. The maximum atomic E-state index is 11.0. The summed E-state index contributed by atoms with van der Waals surface area (Å²) in [6.07, 6.45) is 5.27. The normalized spacial score (nSPS) is 36.1. The molecular formula is C15H20O2. The Morgan fingerprint density at radius 3 is 2.53 bits per heavy atom. The second kappa shape index (κ2) is 4.11. The van der Waals surface area contributed by atoms with Crippen LogP contribution in [0.15, 0.2) is 24.3 Å². The van der Waals surface area contributed by atoms with Crippen LogP contribution in [0.3, 0.4) is 0 Å². The fourth-order valence-electron chi connectivity index (χ4n) is 3.42. The molecule has 17 heavy (non-hydrogen) atoms. The number of aryl methyl sites for hydroxylation is 1. The fourth-order valence-corrected chi connectivity index (χ4v) is 3.42. The molecule has 0 spiro atoms. The zero-order chi connectivity index (χ0) is 11.9. The molecule has 2 heteroatoms. The van der Waals surface area contributed by atoms with Gasteiger partial charge in [-0.1, -0.05) is 31.2 Å². The van der Waals surface area contributed by atoms with Crippen molar-refractivity contribution in [3.8, 4) is 0 Å². The highest BCUT2D eigenvalue weighted by molar-refractivity contribution is 5.33. The Morgan fingerprint density at radius 2 is 1.88 bits per heavy atom. The van der Waals surface area contributed by atoms with Gasteiger partial charge in [0.1, 0.15) is 0 Å². The molecule has 2 bridgehead atoms. The zero-order valence-electron chi connectivity index (χ0n) is 10.4. The molecule has 3 rings (SSSR count). The van der Waals surface area contributed by atoms with Gasteiger partial charge in [0.25, 0.3) is 0 Å². The van der Waals surface area contributed by atoms with Gasteiger partial charge in [0.15, 0.2) is 0 Å². The van der Waals surface area contributed by atoms with E-state index in [1.165, 1.54) is 5.56 Å². The number of fused-ring (bicyclic) bond motifs is 2. The first-order valence-electron chi connectivity index (χ1n) is 6.67. The molecule has 2 unspecified atom stereocenters. The SMILES string of the molecule is CCc1ccccc1C1(O)CC2CCC(C1)O2. The van der Waals surface area contributed by atoms with E-state index >= 15 is 0 Å². The molecule has 2 nitrogen and oxygen atoms in total. The molecule has 1 aromatic rings. The zero-order valence-corrected chi connectivity index (χ0v) is 10.4. The minimum absolute atomic E-state index is 0.267. The lowest BCUT2D eigenvalue weighted by Gasteiger charge is -2.38. The highest BCUT2D eigenvalue weighted by Gasteiger charge is 2.45. The number of hydrogen-bond acceptors (Lipinski definition) is 2. The highest BCUT2D eigenvalue weighted by Crippen LogP contribution is 2.44. The molecule has 0 aromatic heterocycles. The highest BCUT2D eigenvalue weighted by atomic mass is 16.5. The third-order valence-corrected chi connectivity index (χ3v) is 4.23. The third kappa shape index (κ3) is 1.90. The molecule has 2 fully saturated rings. The summed E-state index contributed by atoms with van der Waals surface area (Å²) in [5.74, 6) is 0. The molecule has 2 saturated heterocycles. The Labute approximate surface area is 103 Å². The molecule has 0 aliphatic carbocycles. The van der Waals surface area contributed by atoms with Gasteiger partial charge in [-0.05, 0) is 30.4 Å². The Kier molecular flexibility index (Phi) is 2.72. The van der Waals surface area contributed by atoms with Crippen molar-refractivity contribution in [1.82, 2.24) is 0 Å². The predicted molar refractivity (Wildman–Crippen MR) is 66.8 cm³/mol. The summed E-state index contributed by atoms with van der Waals surface area (Å²) in [4.78, 5) is 0. The van der Waals surface area contributed by atoms with Gasteiger partial charge in [-0.2, -0.15) is 0 Å². The summed E-state index contributed by atoms with van der Waals surface area (Å²) < 4.78 is 5.83. The Bertz CT molecular complexity index is 401. The van der Waals surface area contributed by atoms with E-state index < -0.39 is 5.60 Å². The molecule has 2 heterocycles. The molecule has 2 atom stereocenters. The predicted octanol–water partition coefficient (Wildman–Crippen LogP) is 2.78. The van der Waals surface area contributed by atoms with Crippen LogP contribution in [0.25, 0.3) is 0 Å². The van der Waals surface area contributed by atoms with Crippen LogP contribution in [-0.2, 0) is 16.8 Å². The summed E-state index contributed by atoms with van der Waals surface area (Å²) >= 11 is 0. The smallest absolute Gasteiger partial charge is 0.0948 e.